The van der Waals surface area contributed by atoms with Gasteiger partial charge in [0.15, 0.2) is 0 Å². The lowest BCUT2D eigenvalue weighted by molar-refractivity contribution is -0.131. The highest BCUT2D eigenvalue weighted by Gasteiger charge is 2.09. The maximum atomic E-state index is 10.6. The third-order valence-corrected chi connectivity index (χ3v) is 3.10. The molecule has 2 aromatic rings. The van der Waals surface area contributed by atoms with Crippen LogP contribution in [0.2, 0.25) is 0 Å². The minimum atomic E-state index is -1.03. The number of ether oxygens (including phenoxy) is 2. The second-order valence-electron chi connectivity index (χ2n) is 4.55. The highest BCUT2D eigenvalue weighted by Crippen LogP contribution is 2.35. The van der Waals surface area contributed by atoms with Gasteiger partial charge >= 0.3 is 5.97 Å². The Morgan fingerprint density at radius 1 is 1.05 bits per heavy atom. The second kappa shape index (κ2) is 6.67. The summed E-state index contributed by atoms with van der Waals surface area (Å²) in [5.41, 5.74) is 1.93. The third kappa shape index (κ3) is 3.58. The van der Waals surface area contributed by atoms with Crippen molar-refractivity contribution in [2.24, 2.45) is 0 Å². The number of methoxy groups -OCH3 is 2. The first kappa shape index (κ1) is 15.4. The first-order valence-electron chi connectivity index (χ1n) is 6.51. The van der Waals surface area contributed by atoms with Gasteiger partial charge in [-0.3, -0.25) is 0 Å². The van der Waals surface area contributed by atoms with Gasteiger partial charge in [0.05, 0.1) is 14.2 Å². The third-order valence-electron chi connectivity index (χ3n) is 3.10. The van der Waals surface area contributed by atoms with Gasteiger partial charge in [-0.15, -0.1) is 0 Å². The van der Waals surface area contributed by atoms with Crippen LogP contribution in [-0.2, 0) is 4.79 Å². The normalized spacial score (nSPS) is 10.6. The number of benzene rings is 2. The van der Waals surface area contributed by atoms with E-state index in [9.17, 15) is 9.90 Å². The molecule has 0 aliphatic heterocycles. The van der Waals surface area contributed by atoms with Crippen LogP contribution in [0.4, 0.5) is 0 Å². The van der Waals surface area contributed by atoms with E-state index in [1.807, 2.05) is 0 Å². The van der Waals surface area contributed by atoms with Gasteiger partial charge in [-0.1, -0.05) is 6.07 Å². The number of carboxylic acid groups (broad SMARTS) is 1. The van der Waals surface area contributed by atoms with E-state index in [0.29, 0.717) is 28.2 Å². The Morgan fingerprint density at radius 3 is 2.23 bits per heavy atom. The number of hydrogen-bond acceptors (Lipinski definition) is 4. The molecule has 0 aromatic heterocycles. The molecule has 2 aromatic carbocycles. The van der Waals surface area contributed by atoms with E-state index in [-0.39, 0.29) is 5.75 Å². The Bertz CT molecular complexity index is 697. The number of carbonyl (C=O) groups is 1. The molecule has 0 radical (unpaired) electrons. The highest BCUT2D eigenvalue weighted by molar-refractivity contribution is 5.86. The molecule has 0 amide bonds. The van der Waals surface area contributed by atoms with Gasteiger partial charge in [0.2, 0.25) is 0 Å². The van der Waals surface area contributed by atoms with E-state index < -0.39 is 5.97 Å². The molecular weight excluding hydrogens is 284 g/mol. The van der Waals surface area contributed by atoms with Gasteiger partial charge in [0.1, 0.15) is 17.2 Å². The Morgan fingerprint density at radius 2 is 1.68 bits per heavy atom. The SMILES string of the molecule is COc1cc(OC)cc(-c2cc(/C=C\C(=O)O)ccc2O)c1. The van der Waals surface area contributed by atoms with Crippen molar-refractivity contribution in [2.75, 3.05) is 14.2 Å². The Kier molecular flexibility index (Phi) is 4.68. The largest absolute Gasteiger partial charge is 0.507 e. The first-order chi connectivity index (χ1) is 10.5. The lowest BCUT2D eigenvalue weighted by atomic mass is 10.0. The smallest absolute Gasteiger partial charge is 0.328 e. The van der Waals surface area contributed by atoms with Crippen molar-refractivity contribution >= 4 is 12.0 Å². The number of rotatable bonds is 5. The molecule has 2 rings (SSSR count). The molecule has 114 valence electrons. The molecule has 5 heteroatoms. The molecule has 0 aliphatic carbocycles. The van der Waals surface area contributed by atoms with Crippen molar-refractivity contribution in [2.45, 2.75) is 0 Å². The predicted octanol–water partition coefficient (Wildman–Crippen LogP) is 3.17. The zero-order valence-corrected chi connectivity index (χ0v) is 12.2. The molecule has 5 nitrogen and oxygen atoms in total. The zero-order valence-electron chi connectivity index (χ0n) is 12.2. The average molecular weight is 300 g/mol. The molecule has 0 aliphatic rings. The van der Waals surface area contributed by atoms with Crippen LogP contribution < -0.4 is 9.47 Å². The summed E-state index contributed by atoms with van der Waals surface area (Å²) in [7, 11) is 3.09. The fourth-order valence-electron chi connectivity index (χ4n) is 2.02. The lowest BCUT2D eigenvalue weighted by Crippen LogP contribution is -1.90. The summed E-state index contributed by atoms with van der Waals surface area (Å²) in [4.78, 5) is 10.6. The molecule has 0 saturated heterocycles. The van der Waals surface area contributed by atoms with Crippen molar-refractivity contribution < 1.29 is 24.5 Å². The van der Waals surface area contributed by atoms with Gasteiger partial charge in [0, 0.05) is 17.7 Å². The molecular formula is C17H16O5. The maximum Gasteiger partial charge on any atom is 0.328 e. The quantitative estimate of drug-likeness (QED) is 0.829. The second-order valence-corrected chi connectivity index (χ2v) is 4.55. The summed E-state index contributed by atoms with van der Waals surface area (Å²) in [6, 6.07) is 10.1. The Hall–Kier alpha value is -2.95. The Balaban J connectivity index is 2.51. The van der Waals surface area contributed by atoms with E-state index in [2.05, 4.69) is 0 Å². The summed E-state index contributed by atoms with van der Waals surface area (Å²) < 4.78 is 10.4. The standard InChI is InChI=1S/C17H16O5/c1-21-13-8-12(9-14(10-13)22-2)15-7-11(3-5-16(15)18)4-6-17(19)20/h3-10,18H,1-2H3,(H,19,20)/b6-4-. The van der Waals surface area contributed by atoms with E-state index in [1.165, 1.54) is 12.1 Å². The van der Waals surface area contributed by atoms with Gasteiger partial charge < -0.3 is 19.7 Å². The Labute approximate surface area is 128 Å². The van der Waals surface area contributed by atoms with Gasteiger partial charge in [0.25, 0.3) is 0 Å². The van der Waals surface area contributed by atoms with Crippen LogP contribution in [-0.4, -0.2) is 30.4 Å². The number of aliphatic carboxylic acids is 1. The highest BCUT2D eigenvalue weighted by atomic mass is 16.5. The van der Waals surface area contributed by atoms with E-state index in [4.69, 9.17) is 14.6 Å². The summed E-state index contributed by atoms with van der Waals surface area (Å²) in [5, 5.41) is 18.8. The number of hydrogen-bond donors (Lipinski definition) is 2. The average Bonchev–Trinajstić information content (AvgIpc) is 2.53. The van der Waals surface area contributed by atoms with Crippen LogP contribution in [0.25, 0.3) is 17.2 Å². The molecule has 0 unspecified atom stereocenters. The van der Waals surface area contributed by atoms with Gasteiger partial charge in [-0.25, -0.2) is 4.79 Å². The molecule has 0 saturated carbocycles. The molecule has 2 N–H and O–H groups in total. The summed E-state index contributed by atoms with van der Waals surface area (Å²) in [6.07, 6.45) is 2.50. The molecule has 0 heterocycles. The lowest BCUT2D eigenvalue weighted by Gasteiger charge is -2.10. The number of phenolic OH excluding ortho intramolecular Hbond substituents is 1. The fraction of sp³-hybridized carbons (Fsp3) is 0.118. The van der Waals surface area contributed by atoms with Crippen LogP contribution in [0.1, 0.15) is 5.56 Å². The molecule has 22 heavy (non-hydrogen) atoms. The van der Waals surface area contributed by atoms with E-state index in [1.54, 1.807) is 44.6 Å². The number of phenols is 1. The van der Waals surface area contributed by atoms with E-state index >= 15 is 0 Å². The van der Waals surface area contributed by atoms with Gasteiger partial charge in [-0.05, 0) is 41.5 Å². The van der Waals surface area contributed by atoms with Gasteiger partial charge in [-0.2, -0.15) is 0 Å². The molecule has 0 spiro atoms. The monoisotopic (exact) mass is 300 g/mol. The summed E-state index contributed by atoms with van der Waals surface area (Å²) >= 11 is 0. The van der Waals surface area contributed by atoms with Crippen molar-refractivity contribution in [1.29, 1.82) is 0 Å². The first-order valence-corrected chi connectivity index (χ1v) is 6.51. The molecule has 0 bridgehead atoms. The number of carboxylic acids is 1. The van der Waals surface area contributed by atoms with Crippen molar-refractivity contribution in [3.63, 3.8) is 0 Å². The maximum absolute atomic E-state index is 10.6. The predicted molar refractivity (Wildman–Crippen MR) is 83.3 cm³/mol. The molecule has 0 atom stereocenters. The van der Waals surface area contributed by atoms with Crippen molar-refractivity contribution in [1.82, 2.24) is 0 Å². The van der Waals surface area contributed by atoms with Crippen LogP contribution in [0.3, 0.4) is 0 Å². The molecule has 0 fully saturated rings. The topological polar surface area (TPSA) is 76.0 Å². The summed E-state index contributed by atoms with van der Waals surface area (Å²) in [5.74, 6) is 0.251. The van der Waals surface area contributed by atoms with Crippen LogP contribution in [0.15, 0.2) is 42.5 Å². The minimum absolute atomic E-state index is 0.0859. The number of aromatic hydroxyl groups is 1. The fourth-order valence-corrected chi connectivity index (χ4v) is 2.02. The van der Waals surface area contributed by atoms with E-state index in [0.717, 1.165) is 6.08 Å². The van der Waals surface area contributed by atoms with Crippen LogP contribution in [0, 0.1) is 0 Å². The van der Waals surface area contributed by atoms with Crippen LogP contribution in [0.5, 0.6) is 17.2 Å². The van der Waals surface area contributed by atoms with Crippen LogP contribution >= 0.6 is 0 Å². The zero-order chi connectivity index (χ0) is 16.1. The van der Waals surface area contributed by atoms with Crippen molar-refractivity contribution in [3.05, 3.63) is 48.0 Å². The minimum Gasteiger partial charge on any atom is -0.507 e. The summed E-state index contributed by atoms with van der Waals surface area (Å²) in [6.45, 7) is 0. The van der Waals surface area contributed by atoms with Crippen molar-refractivity contribution in [3.8, 4) is 28.4 Å².